The van der Waals surface area contributed by atoms with Gasteiger partial charge < -0.3 is 9.30 Å². The molecule has 0 spiro atoms. The number of hydrogen-bond acceptors (Lipinski definition) is 3. The molecular formula is C19H26N2O3. The maximum atomic E-state index is 12.6. The van der Waals surface area contributed by atoms with E-state index >= 15 is 0 Å². The molecule has 0 saturated carbocycles. The van der Waals surface area contributed by atoms with E-state index in [1.807, 2.05) is 22.8 Å². The monoisotopic (exact) mass is 330 g/mol. The molecule has 130 valence electrons. The number of fused-ring (bicyclic) bond motifs is 1. The summed E-state index contributed by atoms with van der Waals surface area (Å²) in [7, 11) is 0. The lowest BCUT2D eigenvalue weighted by atomic mass is 10.1. The third kappa shape index (κ3) is 4.60. The van der Waals surface area contributed by atoms with E-state index in [1.165, 1.54) is 0 Å². The van der Waals surface area contributed by atoms with Crippen molar-refractivity contribution in [3.05, 3.63) is 40.7 Å². The molecule has 0 bridgehead atoms. The molecule has 0 atom stereocenters. The minimum Gasteiger partial charge on any atom is -0.444 e. The summed E-state index contributed by atoms with van der Waals surface area (Å²) in [5.41, 5.74) is 0.331. The van der Waals surface area contributed by atoms with Crippen LogP contribution in [0.3, 0.4) is 0 Å². The van der Waals surface area contributed by atoms with Crippen LogP contribution in [0.15, 0.2) is 35.3 Å². The average molecular weight is 330 g/mol. The van der Waals surface area contributed by atoms with Gasteiger partial charge in [0.05, 0.1) is 5.52 Å². The van der Waals surface area contributed by atoms with Crippen molar-refractivity contribution in [1.29, 1.82) is 0 Å². The maximum Gasteiger partial charge on any atom is 0.412 e. The lowest BCUT2D eigenvalue weighted by Gasteiger charge is -2.20. The molecule has 0 unspecified atom stereocenters. The number of rotatable bonds is 5. The lowest BCUT2D eigenvalue weighted by molar-refractivity contribution is 0.0635. The minimum absolute atomic E-state index is 0.191. The van der Waals surface area contributed by atoms with E-state index in [1.54, 1.807) is 33.0 Å². The Labute approximate surface area is 142 Å². The van der Waals surface area contributed by atoms with E-state index in [4.69, 9.17) is 4.74 Å². The van der Waals surface area contributed by atoms with Crippen molar-refractivity contribution in [2.24, 2.45) is 0 Å². The Morgan fingerprint density at radius 1 is 1.21 bits per heavy atom. The quantitative estimate of drug-likeness (QED) is 0.819. The van der Waals surface area contributed by atoms with Crippen LogP contribution in [0.4, 0.5) is 10.5 Å². The van der Waals surface area contributed by atoms with Gasteiger partial charge >= 0.3 is 6.09 Å². The van der Waals surface area contributed by atoms with Crippen LogP contribution in [0.1, 0.15) is 47.0 Å². The van der Waals surface area contributed by atoms with E-state index in [2.05, 4.69) is 12.2 Å². The van der Waals surface area contributed by atoms with Crippen molar-refractivity contribution >= 4 is 22.7 Å². The fraction of sp³-hybridized carbons (Fsp3) is 0.474. The third-order valence-electron chi connectivity index (χ3n) is 3.63. The van der Waals surface area contributed by atoms with Crippen LogP contribution in [0, 0.1) is 0 Å². The molecule has 1 heterocycles. The van der Waals surface area contributed by atoms with Crippen LogP contribution in [-0.4, -0.2) is 16.3 Å². The fourth-order valence-electron chi connectivity index (χ4n) is 2.56. The van der Waals surface area contributed by atoms with Gasteiger partial charge in [-0.25, -0.2) is 4.79 Å². The summed E-state index contributed by atoms with van der Waals surface area (Å²) in [6, 6.07) is 7.46. The molecule has 2 aromatic rings. The summed E-state index contributed by atoms with van der Waals surface area (Å²) in [6.07, 6.45) is 4.37. The fourth-order valence-corrected chi connectivity index (χ4v) is 2.56. The van der Waals surface area contributed by atoms with Crippen LogP contribution < -0.4 is 10.7 Å². The summed E-state index contributed by atoms with van der Waals surface area (Å²) in [6.45, 7) is 8.32. The van der Waals surface area contributed by atoms with Gasteiger partial charge in [-0.05, 0) is 39.3 Å². The zero-order valence-electron chi connectivity index (χ0n) is 14.9. The zero-order valence-corrected chi connectivity index (χ0v) is 14.9. The topological polar surface area (TPSA) is 60.3 Å². The molecule has 5 heteroatoms. The smallest absolute Gasteiger partial charge is 0.412 e. The number of nitrogens with zero attached hydrogens (tertiary/aromatic N) is 1. The van der Waals surface area contributed by atoms with Gasteiger partial charge in [0.25, 0.3) is 0 Å². The zero-order chi connectivity index (χ0) is 17.7. The molecule has 2 rings (SSSR count). The molecular weight excluding hydrogens is 304 g/mol. The molecule has 0 saturated heterocycles. The molecule has 0 radical (unpaired) electrons. The Hall–Kier alpha value is -2.30. The first-order valence-corrected chi connectivity index (χ1v) is 8.44. The molecule has 0 aliphatic rings. The second kappa shape index (κ2) is 7.51. The Bertz CT molecular complexity index is 772. The van der Waals surface area contributed by atoms with Gasteiger partial charge in [0.15, 0.2) is 0 Å². The third-order valence-corrected chi connectivity index (χ3v) is 3.63. The van der Waals surface area contributed by atoms with Crippen molar-refractivity contribution < 1.29 is 9.53 Å². The summed E-state index contributed by atoms with van der Waals surface area (Å²) in [5.74, 6) is 0. The van der Waals surface area contributed by atoms with Crippen molar-refractivity contribution in [2.75, 3.05) is 5.32 Å². The lowest BCUT2D eigenvalue weighted by Crippen LogP contribution is -2.29. The average Bonchev–Trinajstić information content (AvgIpc) is 2.50. The second-order valence-electron chi connectivity index (χ2n) is 6.92. The number of aryl methyl sites for hydroxylation is 1. The van der Waals surface area contributed by atoms with Crippen molar-refractivity contribution in [2.45, 2.75) is 59.1 Å². The Balaban J connectivity index is 2.37. The van der Waals surface area contributed by atoms with Gasteiger partial charge in [-0.2, -0.15) is 0 Å². The predicted octanol–water partition coefficient (Wildman–Crippen LogP) is 4.54. The number of hydrogen-bond donors (Lipinski definition) is 1. The molecule has 0 fully saturated rings. The number of ether oxygens (including phenoxy) is 1. The molecule has 1 N–H and O–H groups in total. The van der Waals surface area contributed by atoms with Gasteiger partial charge in [0.2, 0.25) is 5.43 Å². The molecule has 1 amide bonds. The number of benzene rings is 1. The summed E-state index contributed by atoms with van der Waals surface area (Å²) in [5, 5.41) is 3.19. The predicted molar refractivity (Wildman–Crippen MR) is 97.6 cm³/mol. The first-order valence-electron chi connectivity index (χ1n) is 8.44. The van der Waals surface area contributed by atoms with E-state index in [-0.39, 0.29) is 11.1 Å². The van der Waals surface area contributed by atoms with Gasteiger partial charge in [-0.1, -0.05) is 31.9 Å². The highest BCUT2D eigenvalue weighted by Crippen LogP contribution is 2.16. The molecule has 1 aromatic carbocycles. The first-order chi connectivity index (χ1) is 11.3. The number of para-hydroxylation sites is 1. The van der Waals surface area contributed by atoms with Crippen LogP contribution in [0.25, 0.3) is 10.9 Å². The van der Waals surface area contributed by atoms with Crippen LogP contribution in [0.2, 0.25) is 0 Å². The largest absolute Gasteiger partial charge is 0.444 e. The molecule has 0 aliphatic heterocycles. The first kappa shape index (κ1) is 18.0. The second-order valence-corrected chi connectivity index (χ2v) is 6.92. The summed E-state index contributed by atoms with van der Waals surface area (Å²) < 4.78 is 7.28. The Kier molecular flexibility index (Phi) is 5.65. The van der Waals surface area contributed by atoms with Crippen LogP contribution in [-0.2, 0) is 11.3 Å². The van der Waals surface area contributed by atoms with E-state index in [9.17, 15) is 9.59 Å². The number of carbonyl (C=O) groups is 1. The van der Waals surface area contributed by atoms with E-state index < -0.39 is 11.7 Å². The molecule has 0 aliphatic carbocycles. The van der Waals surface area contributed by atoms with Crippen LogP contribution >= 0.6 is 0 Å². The highest BCUT2D eigenvalue weighted by molar-refractivity contribution is 5.89. The highest BCUT2D eigenvalue weighted by atomic mass is 16.6. The number of pyridine rings is 1. The van der Waals surface area contributed by atoms with Gasteiger partial charge in [0.1, 0.15) is 11.3 Å². The number of amides is 1. The number of aromatic nitrogens is 1. The highest BCUT2D eigenvalue weighted by Gasteiger charge is 2.18. The van der Waals surface area contributed by atoms with Crippen molar-refractivity contribution in [3.63, 3.8) is 0 Å². The van der Waals surface area contributed by atoms with Gasteiger partial charge in [0, 0.05) is 18.1 Å². The summed E-state index contributed by atoms with van der Waals surface area (Å²) in [4.78, 5) is 24.6. The SMILES string of the molecule is CCCCCn1cc(NC(=O)OC(C)(C)C)c(=O)c2ccccc21. The molecule has 24 heavy (non-hydrogen) atoms. The maximum absolute atomic E-state index is 12.6. The standard InChI is InChI=1S/C19H26N2O3/c1-5-6-9-12-21-13-15(20-18(23)24-19(2,3)4)17(22)14-10-7-8-11-16(14)21/h7-8,10-11,13H,5-6,9,12H2,1-4H3,(H,20,23). The molecule has 5 nitrogen and oxygen atoms in total. The number of anilines is 1. The number of nitrogens with one attached hydrogen (secondary N) is 1. The number of carbonyl (C=O) groups excluding carboxylic acids is 1. The van der Waals surface area contributed by atoms with Crippen molar-refractivity contribution in [3.8, 4) is 0 Å². The normalized spacial score (nSPS) is 11.5. The van der Waals surface area contributed by atoms with Gasteiger partial charge in [-0.3, -0.25) is 10.1 Å². The molecule has 1 aromatic heterocycles. The summed E-state index contributed by atoms with van der Waals surface area (Å²) >= 11 is 0. The van der Waals surface area contributed by atoms with Crippen molar-refractivity contribution in [1.82, 2.24) is 4.57 Å². The van der Waals surface area contributed by atoms with E-state index in [0.717, 1.165) is 31.3 Å². The Morgan fingerprint density at radius 2 is 1.92 bits per heavy atom. The number of unbranched alkanes of at least 4 members (excludes halogenated alkanes) is 2. The Morgan fingerprint density at radius 3 is 2.58 bits per heavy atom. The van der Waals surface area contributed by atoms with Gasteiger partial charge in [-0.15, -0.1) is 0 Å². The minimum atomic E-state index is -0.616. The van der Waals surface area contributed by atoms with Crippen LogP contribution in [0.5, 0.6) is 0 Å². The van der Waals surface area contributed by atoms with E-state index in [0.29, 0.717) is 5.39 Å².